The first-order chi connectivity index (χ1) is 8.29. The van der Waals surface area contributed by atoms with Crippen LogP contribution in [0.15, 0.2) is 18.3 Å². The molecule has 0 atom stereocenters. The number of hydrogen-bond donors (Lipinski definition) is 1. The lowest BCUT2D eigenvalue weighted by Gasteiger charge is -2.15. The fourth-order valence-electron chi connectivity index (χ4n) is 1.64. The summed E-state index contributed by atoms with van der Waals surface area (Å²) in [6.07, 6.45) is 1.67. The molecule has 1 N–H and O–H groups in total. The van der Waals surface area contributed by atoms with E-state index in [0.717, 1.165) is 16.5 Å². The van der Waals surface area contributed by atoms with E-state index in [2.05, 4.69) is 4.98 Å². The Labute approximate surface area is 111 Å². The van der Waals surface area contributed by atoms with Gasteiger partial charge in [0.05, 0.1) is 16.0 Å². The zero-order valence-corrected chi connectivity index (χ0v) is 11.7. The number of rotatable bonds is 1. The number of aromatic nitrogens is 1. The number of nitrogens with one attached hydrogen (secondary N) is 1. The predicted molar refractivity (Wildman–Crippen MR) is 73.1 cm³/mol. The summed E-state index contributed by atoms with van der Waals surface area (Å²) in [6, 6.07) is 3.82. The zero-order chi connectivity index (χ0) is 13.5. The topological polar surface area (TPSA) is 42.1 Å². The van der Waals surface area contributed by atoms with Crippen LogP contribution in [-0.2, 0) is 4.79 Å². The van der Waals surface area contributed by atoms with E-state index in [1.54, 1.807) is 6.20 Å². The lowest BCUT2D eigenvalue weighted by Crippen LogP contribution is -2.25. The molecule has 1 aromatic carbocycles. The SMILES string of the molecule is Cc1cc(Cl)c2[nH]cc(OC(=O)C(C)(C)C)c2c1. The van der Waals surface area contributed by atoms with Gasteiger partial charge in [-0.2, -0.15) is 0 Å². The molecule has 1 aromatic heterocycles. The number of aromatic amines is 1. The van der Waals surface area contributed by atoms with Crippen LogP contribution < -0.4 is 4.74 Å². The number of benzene rings is 1. The number of aryl methyl sites for hydroxylation is 1. The van der Waals surface area contributed by atoms with Crippen molar-refractivity contribution in [3.8, 4) is 5.75 Å². The minimum absolute atomic E-state index is 0.263. The van der Waals surface area contributed by atoms with Crippen LogP contribution in [0, 0.1) is 12.3 Å². The van der Waals surface area contributed by atoms with Crippen molar-refractivity contribution in [2.45, 2.75) is 27.7 Å². The molecule has 0 unspecified atom stereocenters. The van der Waals surface area contributed by atoms with E-state index in [0.29, 0.717) is 10.8 Å². The molecule has 0 aliphatic heterocycles. The van der Waals surface area contributed by atoms with Crippen molar-refractivity contribution in [1.29, 1.82) is 0 Å². The molecule has 4 heteroatoms. The van der Waals surface area contributed by atoms with E-state index >= 15 is 0 Å². The monoisotopic (exact) mass is 265 g/mol. The van der Waals surface area contributed by atoms with Crippen LogP contribution in [0.5, 0.6) is 5.75 Å². The van der Waals surface area contributed by atoms with Crippen molar-refractivity contribution in [1.82, 2.24) is 4.98 Å². The van der Waals surface area contributed by atoms with Gasteiger partial charge in [0.15, 0.2) is 5.75 Å². The standard InChI is InChI=1S/C14H16ClNO2/c1-8-5-9-11(18-13(17)14(2,3)4)7-16-12(9)10(15)6-8/h5-7,16H,1-4H3. The van der Waals surface area contributed by atoms with E-state index in [-0.39, 0.29) is 5.97 Å². The first-order valence-electron chi connectivity index (χ1n) is 5.78. The molecule has 0 radical (unpaired) electrons. The molecule has 0 aliphatic carbocycles. The Bertz CT molecular complexity index is 608. The highest BCUT2D eigenvalue weighted by Gasteiger charge is 2.24. The first kappa shape index (κ1) is 13.0. The van der Waals surface area contributed by atoms with Gasteiger partial charge in [0.1, 0.15) is 0 Å². The summed E-state index contributed by atoms with van der Waals surface area (Å²) >= 11 is 6.13. The van der Waals surface area contributed by atoms with Crippen LogP contribution >= 0.6 is 11.6 Å². The number of carbonyl (C=O) groups excluding carboxylic acids is 1. The highest BCUT2D eigenvalue weighted by atomic mass is 35.5. The number of esters is 1. The van der Waals surface area contributed by atoms with Gasteiger partial charge in [-0.15, -0.1) is 0 Å². The summed E-state index contributed by atoms with van der Waals surface area (Å²) in [4.78, 5) is 14.9. The average Bonchev–Trinajstić information content (AvgIpc) is 2.60. The molecule has 18 heavy (non-hydrogen) atoms. The second-order valence-electron chi connectivity index (χ2n) is 5.46. The molecule has 0 aliphatic rings. The summed E-state index contributed by atoms with van der Waals surface area (Å²) in [5, 5.41) is 1.46. The molecule has 0 amide bonds. The van der Waals surface area contributed by atoms with Crippen molar-refractivity contribution in [3.05, 3.63) is 28.9 Å². The molecule has 0 saturated heterocycles. The molecule has 1 heterocycles. The number of ether oxygens (including phenoxy) is 1. The Morgan fingerprint density at radius 1 is 1.33 bits per heavy atom. The second-order valence-corrected chi connectivity index (χ2v) is 5.87. The zero-order valence-electron chi connectivity index (χ0n) is 10.9. The van der Waals surface area contributed by atoms with E-state index < -0.39 is 5.41 Å². The van der Waals surface area contributed by atoms with Gasteiger partial charge in [-0.05, 0) is 45.4 Å². The molecule has 0 spiro atoms. The number of fused-ring (bicyclic) bond motifs is 1. The van der Waals surface area contributed by atoms with Crippen molar-refractivity contribution < 1.29 is 9.53 Å². The summed E-state index contributed by atoms with van der Waals surface area (Å²) in [5.41, 5.74) is 1.29. The number of H-pyrrole nitrogens is 1. The van der Waals surface area contributed by atoms with Gasteiger partial charge in [0.2, 0.25) is 0 Å². The molecule has 2 rings (SSSR count). The van der Waals surface area contributed by atoms with Crippen molar-refractivity contribution >= 4 is 28.5 Å². The molecule has 2 aromatic rings. The molecular formula is C14H16ClNO2. The van der Waals surface area contributed by atoms with Gasteiger partial charge in [-0.3, -0.25) is 4.79 Å². The number of halogens is 1. The van der Waals surface area contributed by atoms with Gasteiger partial charge >= 0.3 is 5.97 Å². The first-order valence-corrected chi connectivity index (χ1v) is 6.16. The molecule has 96 valence electrons. The van der Waals surface area contributed by atoms with Crippen LogP contribution in [-0.4, -0.2) is 11.0 Å². The van der Waals surface area contributed by atoms with Gasteiger partial charge in [-0.25, -0.2) is 0 Å². The molecule has 0 saturated carbocycles. The highest BCUT2D eigenvalue weighted by Crippen LogP contribution is 2.32. The van der Waals surface area contributed by atoms with E-state index in [9.17, 15) is 4.79 Å². The van der Waals surface area contributed by atoms with Crippen LogP contribution in [0.1, 0.15) is 26.3 Å². The van der Waals surface area contributed by atoms with Crippen LogP contribution in [0.2, 0.25) is 5.02 Å². The third-order valence-electron chi connectivity index (χ3n) is 2.66. The summed E-state index contributed by atoms with van der Waals surface area (Å²) in [7, 11) is 0. The fourth-order valence-corrected chi connectivity index (χ4v) is 1.96. The Hall–Kier alpha value is -1.48. The molecular weight excluding hydrogens is 250 g/mol. The van der Waals surface area contributed by atoms with Gasteiger partial charge in [0, 0.05) is 11.6 Å². The Kier molecular flexibility index (Phi) is 3.11. The Morgan fingerprint density at radius 2 is 2.00 bits per heavy atom. The Morgan fingerprint density at radius 3 is 2.61 bits per heavy atom. The normalized spacial score (nSPS) is 11.8. The van der Waals surface area contributed by atoms with E-state index in [4.69, 9.17) is 16.3 Å². The Balaban J connectivity index is 2.44. The minimum Gasteiger partial charge on any atom is -0.424 e. The quantitative estimate of drug-likeness (QED) is 0.790. The van der Waals surface area contributed by atoms with Crippen molar-refractivity contribution in [3.63, 3.8) is 0 Å². The van der Waals surface area contributed by atoms with Gasteiger partial charge in [-0.1, -0.05) is 11.6 Å². The van der Waals surface area contributed by atoms with E-state index in [1.165, 1.54) is 0 Å². The third kappa shape index (κ3) is 2.36. The number of hydrogen-bond acceptors (Lipinski definition) is 2. The second kappa shape index (κ2) is 4.32. The van der Waals surface area contributed by atoms with Crippen LogP contribution in [0.25, 0.3) is 10.9 Å². The summed E-state index contributed by atoms with van der Waals surface area (Å²) in [5.74, 6) is 0.261. The largest absolute Gasteiger partial charge is 0.424 e. The smallest absolute Gasteiger partial charge is 0.316 e. The lowest BCUT2D eigenvalue weighted by atomic mass is 9.97. The minimum atomic E-state index is -0.531. The predicted octanol–water partition coefficient (Wildman–Crippen LogP) is 4.08. The van der Waals surface area contributed by atoms with Crippen LogP contribution in [0.4, 0.5) is 0 Å². The molecule has 0 bridgehead atoms. The summed E-state index contributed by atoms with van der Waals surface area (Å²) in [6.45, 7) is 7.42. The van der Waals surface area contributed by atoms with Crippen molar-refractivity contribution in [2.75, 3.05) is 0 Å². The number of carbonyl (C=O) groups is 1. The van der Waals surface area contributed by atoms with Crippen LogP contribution in [0.3, 0.4) is 0 Å². The van der Waals surface area contributed by atoms with Crippen molar-refractivity contribution in [2.24, 2.45) is 5.41 Å². The average molecular weight is 266 g/mol. The highest BCUT2D eigenvalue weighted by molar-refractivity contribution is 6.35. The fraction of sp³-hybridized carbons (Fsp3) is 0.357. The molecule has 3 nitrogen and oxygen atoms in total. The maximum atomic E-state index is 11.9. The maximum absolute atomic E-state index is 11.9. The lowest BCUT2D eigenvalue weighted by molar-refractivity contribution is -0.142. The molecule has 0 fully saturated rings. The van der Waals surface area contributed by atoms with E-state index in [1.807, 2.05) is 39.8 Å². The van der Waals surface area contributed by atoms with Gasteiger partial charge < -0.3 is 9.72 Å². The third-order valence-corrected chi connectivity index (χ3v) is 2.96. The van der Waals surface area contributed by atoms with Gasteiger partial charge in [0.25, 0.3) is 0 Å². The maximum Gasteiger partial charge on any atom is 0.316 e. The summed E-state index contributed by atoms with van der Waals surface area (Å²) < 4.78 is 5.41.